The summed E-state index contributed by atoms with van der Waals surface area (Å²) in [6.45, 7) is 7.27. The van der Waals surface area contributed by atoms with Crippen LogP contribution in [0.15, 0.2) is 67.3 Å². The third-order valence-electron chi connectivity index (χ3n) is 6.29. The van der Waals surface area contributed by atoms with E-state index in [0.717, 1.165) is 38.0 Å². The van der Waals surface area contributed by atoms with Crippen molar-refractivity contribution in [3.63, 3.8) is 0 Å². The van der Waals surface area contributed by atoms with Gasteiger partial charge in [-0.25, -0.2) is 9.18 Å². The van der Waals surface area contributed by atoms with Gasteiger partial charge in [-0.3, -0.25) is 4.90 Å². The van der Waals surface area contributed by atoms with Gasteiger partial charge in [-0.1, -0.05) is 48.5 Å². The molecule has 1 amide bonds. The number of carbonyl (C=O) groups excluding carboxylic acids is 1. The van der Waals surface area contributed by atoms with Crippen LogP contribution in [0, 0.1) is 5.82 Å². The van der Waals surface area contributed by atoms with Crippen molar-refractivity contribution in [1.82, 2.24) is 9.80 Å². The molecule has 2 aromatic carbocycles. The Kier molecular flexibility index (Phi) is 6.18. The molecule has 0 saturated carbocycles. The molecule has 2 heterocycles. The molecule has 2 aromatic rings. The Balaban J connectivity index is 1.44. The Morgan fingerprint density at radius 1 is 1.13 bits per heavy atom. The number of rotatable bonds is 6. The maximum atomic E-state index is 13.4. The van der Waals surface area contributed by atoms with E-state index in [-0.39, 0.29) is 18.0 Å². The van der Waals surface area contributed by atoms with Gasteiger partial charge >= 0.3 is 6.09 Å². The number of hydrogen-bond donors (Lipinski definition) is 0. The number of cyclic esters (lactones) is 1. The fourth-order valence-electron chi connectivity index (χ4n) is 4.72. The van der Waals surface area contributed by atoms with E-state index in [2.05, 4.69) is 35.7 Å². The van der Waals surface area contributed by atoms with Crippen molar-refractivity contribution in [2.45, 2.75) is 43.9 Å². The van der Waals surface area contributed by atoms with Gasteiger partial charge in [0, 0.05) is 38.5 Å². The Labute approximate surface area is 177 Å². The number of piperidine rings is 1. The van der Waals surface area contributed by atoms with Crippen LogP contribution in [0.25, 0.3) is 0 Å². The van der Waals surface area contributed by atoms with Crippen molar-refractivity contribution >= 4 is 6.09 Å². The van der Waals surface area contributed by atoms with Crippen LogP contribution in [-0.2, 0) is 16.9 Å². The first-order valence-electron chi connectivity index (χ1n) is 10.7. The SMILES string of the molecule is C=CCC1(c2ccc(F)cc2)CCN(C2CCCN(Cc3ccccc3)C2)C(=O)O1. The normalized spacial score (nSPS) is 25.0. The molecular formula is C25H29FN2O2. The number of benzene rings is 2. The second-order valence-electron chi connectivity index (χ2n) is 8.32. The molecule has 0 aromatic heterocycles. The summed E-state index contributed by atoms with van der Waals surface area (Å²) in [4.78, 5) is 17.4. The smallest absolute Gasteiger partial charge is 0.410 e. The lowest BCUT2D eigenvalue weighted by Gasteiger charge is -2.46. The highest BCUT2D eigenvalue weighted by Crippen LogP contribution is 2.39. The summed E-state index contributed by atoms with van der Waals surface area (Å²) in [5.74, 6) is -0.294. The van der Waals surface area contributed by atoms with Gasteiger partial charge in [0.2, 0.25) is 0 Å². The van der Waals surface area contributed by atoms with E-state index in [0.29, 0.717) is 19.4 Å². The highest BCUT2D eigenvalue weighted by Gasteiger charge is 2.43. The number of likely N-dealkylation sites (tertiary alicyclic amines) is 1. The lowest BCUT2D eigenvalue weighted by Crippen LogP contribution is -2.55. The molecule has 0 aliphatic carbocycles. The van der Waals surface area contributed by atoms with E-state index < -0.39 is 5.60 Å². The molecule has 0 N–H and O–H groups in total. The minimum atomic E-state index is -0.762. The number of ether oxygens (including phenoxy) is 1. The second-order valence-corrected chi connectivity index (χ2v) is 8.32. The first-order chi connectivity index (χ1) is 14.6. The van der Waals surface area contributed by atoms with E-state index in [1.807, 2.05) is 11.0 Å². The third kappa shape index (κ3) is 4.41. The Hall–Kier alpha value is -2.66. The predicted molar refractivity (Wildman–Crippen MR) is 115 cm³/mol. The van der Waals surface area contributed by atoms with Crippen LogP contribution in [0.5, 0.6) is 0 Å². The molecule has 0 spiro atoms. The van der Waals surface area contributed by atoms with Crippen LogP contribution in [0.4, 0.5) is 9.18 Å². The minimum Gasteiger partial charge on any atom is -0.437 e. The molecule has 2 atom stereocenters. The van der Waals surface area contributed by atoms with Crippen LogP contribution < -0.4 is 0 Å². The lowest BCUT2D eigenvalue weighted by atomic mass is 9.85. The largest absolute Gasteiger partial charge is 0.437 e. The maximum Gasteiger partial charge on any atom is 0.410 e. The van der Waals surface area contributed by atoms with Crippen LogP contribution >= 0.6 is 0 Å². The fourth-order valence-corrected chi connectivity index (χ4v) is 4.72. The highest BCUT2D eigenvalue weighted by atomic mass is 19.1. The zero-order chi connectivity index (χ0) is 21.0. The predicted octanol–water partition coefficient (Wildman–Crippen LogP) is 5.10. The number of halogens is 1. The van der Waals surface area contributed by atoms with Gasteiger partial charge in [-0.15, -0.1) is 6.58 Å². The van der Waals surface area contributed by atoms with Crippen molar-refractivity contribution in [1.29, 1.82) is 0 Å². The number of amides is 1. The number of carbonyl (C=O) groups is 1. The average Bonchev–Trinajstić information content (AvgIpc) is 2.75. The Morgan fingerprint density at radius 2 is 1.90 bits per heavy atom. The van der Waals surface area contributed by atoms with Crippen molar-refractivity contribution in [2.75, 3.05) is 19.6 Å². The molecular weight excluding hydrogens is 379 g/mol. The van der Waals surface area contributed by atoms with E-state index >= 15 is 0 Å². The first-order valence-corrected chi connectivity index (χ1v) is 10.7. The third-order valence-corrected chi connectivity index (χ3v) is 6.29. The van der Waals surface area contributed by atoms with Gasteiger partial charge in [0.05, 0.1) is 0 Å². The molecule has 4 nitrogen and oxygen atoms in total. The maximum absolute atomic E-state index is 13.4. The standard InChI is InChI=1S/C25H29FN2O2/c1-2-14-25(21-10-12-22(26)13-11-21)15-17-28(24(29)30-25)23-9-6-16-27(19-23)18-20-7-4-3-5-8-20/h2-5,7-8,10-13,23H,1,6,9,14-19H2. The molecule has 0 bridgehead atoms. The monoisotopic (exact) mass is 408 g/mol. The minimum absolute atomic E-state index is 0.157. The van der Waals surface area contributed by atoms with Crippen molar-refractivity contribution in [3.05, 3.63) is 84.2 Å². The summed E-state index contributed by atoms with van der Waals surface area (Å²) in [5.41, 5.74) is 1.35. The summed E-state index contributed by atoms with van der Waals surface area (Å²) >= 11 is 0. The van der Waals surface area contributed by atoms with Gasteiger partial charge in [-0.2, -0.15) is 0 Å². The molecule has 4 rings (SSSR count). The van der Waals surface area contributed by atoms with Gasteiger partial charge in [0.25, 0.3) is 0 Å². The second kappa shape index (κ2) is 9.00. The van der Waals surface area contributed by atoms with Crippen LogP contribution in [0.1, 0.15) is 36.8 Å². The molecule has 2 aliphatic heterocycles. The summed E-state index contributed by atoms with van der Waals surface area (Å²) < 4.78 is 19.4. The van der Waals surface area contributed by atoms with E-state index in [4.69, 9.17) is 4.74 Å². The van der Waals surface area contributed by atoms with Crippen molar-refractivity contribution < 1.29 is 13.9 Å². The summed E-state index contributed by atoms with van der Waals surface area (Å²) in [6, 6.07) is 16.9. The van der Waals surface area contributed by atoms with E-state index in [1.54, 1.807) is 18.2 Å². The molecule has 158 valence electrons. The van der Waals surface area contributed by atoms with Gasteiger partial charge in [0.1, 0.15) is 11.4 Å². The zero-order valence-electron chi connectivity index (χ0n) is 17.3. The van der Waals surface area contributed by atoms with Crippen LogP contribution in [-0.4, -0.2) is 41.6 Å². The quantitative estimate of drug-likeness (QED) is 0.623. The highest BCUT2D eigenvalue weighted by molar-refractivity contribution is 5.70. The molecule has 30 heavy (non-hydrogen) atoms. The average molecular weight is 409 g/mol. The molecule has 0 radical (unpaired) electrons. The Bertz CT molecular complexity index is 870. The summed E-state index contributed by atoms with van der Waals surface area (Å²) in [6.07, 6.45) is 4.74. The van der Waals surface area contributed by atoms with Gasteiger partial charge in [0.15, 0.2) is 0 Å². The molecule has 2 fully saturated rings. The molecule has 2 saturated heterocycles. The first kappa shape index (κ1) is 20.6. The summed E-state index contributed by atoms with van der Waals surface area (Å²) in [5, 5.41) is 0. The van der Waals surface area contributed by atoms with Crippen LogP contribution in [0.2, 0.25) is 0 Å². The lowest BCUT2D eigenvalue weighted by molar-refractivity contribution is -0.0661. The zero-order valence-corrected chi connectivity index (χ0v) is 17.3. The van der Waals surface area contributed by atoms with Gasteiger partial charge < -0.3 is 9.64 Å². The topological polar surface area (TPSA) is 32.8 Å². The molecule has 2 unspecified atom stereocenters. The number of hydrogen-bond acceptors (Lipinski definition) is 3. The van der Waals surface area contributed by atoms with Gasteiger partial charge in [-0.05, 0) is 42.6 Å². The van der Waals surface area contributed by atoms with Crippen molar-refractivity contribution in [2.24, 2.45) is 0 Å². The van der Waals surface area contributed by atoms with E-state index in [1.165, 1.54) is 17.7 Å². The van der Waals surface area contributed by atoms with E-state index in [9.17, 15) is 9.18 Å². The Morgan fingerprint density at radius 3 is 2.60 bits per heavy atom. The van der Waals surface area contributed by atoms with Crippen LogP contribution in [0.3, 0.4) is 0 Å². The molecule has 2 aliphatic rings. The fraction of sp³-hybridized carbons (Fsp3) is 0.400. The number of nitrogens with zero attached hydrogens (tertiary/aromatic N) is 2. The summed E-state index contributed by atoms with van der Waals surface area (Å²) in [7, 11) is 0. The molecule has 5 heteroatoms. The van der Waals surface area contributed by atoms with Crippen molar-refractivity contribution in [3.8, 4) is 0 Å².